The summed E-state index contributed by atoms with van der Waals surface area (Å²) in [6, 6.07) is 9.85. The average Bonchev–Trinajstić information content (AvgIpc) is 3.35. The van der Waals surface area contributed by atoms with Crippen molar-refractivity contribution in [3.63, 3.8) is 0 Å². The number of carbonyl (C=O) groups is 1. The molecule has 146 valence electrons. The molecule has 0 spiro atoms. The molecule has 0 fully saturated rings. The molecule has 4 aromatic rings. The van der Waals surface area contributed by atoms with E-state index in [2.05, 4.69) is 10.3 Å². The third-order valence-corrected chi connectivity index (χ3v) is 4.22. The van der Waals surface area contributed by atoms with Crippen LogP contribution in [0, 0.1) is 15.9 Å². The van der Waals surface area contributed by atoms with Crippen molar-refractivity contribution >= 4 is 23.1 Å². The molecule has 10 heteroatoms. The molecule has 0 atom stereocenters. The Balaban J connectivity index is 1.59. The van der Waals surface area contributed by atoms with Crippen LogP contribution in [0.1, 0.15) is 10.6 Å². The van der Waals surface area contributed by atoms with Crippen LogP contribution >= 0.6 is 0 Å². The van der Waals surface area contributed by atoms with E-state index in [1.54, 1.807) is 29.8 Å². The van der Waals surface area contributed by atoms with E-state index in [1.807, 2.05) is 0 Å². The van der Waals surface area contributed by atoms with E-state index in [-0.39, 0.29) is 17.0 Å². The van der Waals surface area contributed by atoms with Crippen LogP contribution in [0.4, 0.5) is 16.0 Å². The Hall–Kier alpha value is -4.21. The van der Waals surface area contributed by atoms with Crippen LogP contribution in [0.5, 0.6) is 5.75 Å². The lowest BCUT2D eigenvalue weighted by molar-refractivity contribution is -0.402. The summed E-state index contributed by atoms with van der Waals surface area (Å²) in [6.45, 7) is 0. The van der Waals surface area contributed by atoms with Gasteiger partial charge in [0.25, 0.3) is 5.91 Å². The van der Waals surface area contributed by atoms with Crippen LogP contribution in [0.3, 0.4) is 0 Å². The Morgan fingerprint density at radius 3 is 2.79 bits per heavy atom. The molecule has 0 saturated heterocycles. The normalized spacial score (nSPS) is 10.8. The van der Waals surface area contributed by atoms with E-state index in [1.165, 1.54) is 24.4 Å². The van der Waals surface area contributed by atoms with E-state index < -0.39 is 22.5 Å². The second kappa shape index (κ2) is 7.08. The van der Waals surface area contributed by atoms with Gasteiger partial charge in [0.15, 0.2) is 5.76 Å². The summed E-state index contributed by atoms with van der Waals surface area (Å²) in [6.07, 6.45) is 3.25. The van der Waals surface area contributed by atoms with Gasteiger partial charge in [-0.1, -0.05) is 0 Å². The van der Waals surface area contributed by atoms with Crippen LogP contribution < -0.4 is 10.1 Å². The number of anilines is 1. The van der Waals surface area contributed by atoms with Crippen LogP contribution in [0.25, 0.3) is 16.9 Å². The third kappa shape index (κ3) is 3.38. The molecule has 3 heterocycles. The third-order valence-electron chi connectivity index (χ3n) is 4.22. The number of fused-ring (bicyclic) bond motifs is 1. The predicted molar refractivity (Wildman–Crippen MR) is 100 cm³/mol. The highest BCUT2D eigenvalue weighted by atomic mass is 19.1. The van der Waals surface area contributed by atoms with Gasteiger partial charge >= 0.3 is 5.88 Å². The summed E-state index contributed by atoms with van der Waals surface area (Å²) in [7, 11) is 1.54. The minimum Gasteiger partial charge on any atom is -0.497 e. The lowest BCUT2D eigenvalue weighted by atomic mass is 10.1. The van der Waals surface area contributed by atoms with Crippen molar-refractivity contribution in [3.05, 3.63) is 76.6 Å². The van der Waals surface area contributed by atoms with Crippen molar-refractivity contribution in [1.29, 1.82) is 0 Å². The van der Waals surface area contributed by atoms with E-state index >= 15 is 0 Å². The lowest BCUT2D eigenvalue weighted by Gasteiger charge is -2.08. The van der Waals surface area contributed by atoms with Crippen LogP contribution in [-0.4, -0.2) is 27.3 Å². The summed E-state index contributed by atoms with van der Waals surface area (Å²) < 4.78 is 26.4. The molecule has 1 N–H and O–H groups in total. The number of furan rings is 1. The molecule has 29 heavy (non-hydrogen) atoms. The number of ether oxygens (including phenoxy) is 1. The topological polar surface area (TPSA) is 112 Å². The highest BCUT2D eigenvalue weighted by molar-refractivity contribution is 6.02. The summed E-state index contributed by atoms with van der Waals surface area (Å²) in [5, 5.41) is 13.1. The molecule has 9 nitrogen and oxygen atoms in total. The van der Waals surface area contributed by atoms with E-state index in [0.29, 0.717) is 17.1 Å². The maximum Gasteiger partial charge on any atom is 0.433 e. The molecule has 0 aliphatic carbocycles. The van der Waals surface area contributed by atoms with E-state index in [4.69, 9.17) is 9.15 Å². The predicted octanol–water partition coefficient (Wildman–Crippen LogP) is 3.90. The molecule has 1 aromatic carbocycles. The number of imidazole rings is 1. The van der Waals surface area contributed by atoms with E-state index in [9.17, 15) is 19.3 Å². The fraction of sp³-hybridized carbons (Fsp3) is 0.0526. The molecule has 0 bridgehead atoms. The highest BCUT2D eigenvalue weighted by Crippen LogP contribution is 2.28. The molecule has 0 unspecified atom stereocenters. The number of aromatic nitrogens is 2. The van der Waals surface area contributed by atoms with Gasteiger partial charge in [0.1, 0.15) is 22.1 Å². The zero-order valence-electron chi connectivity index (χ0n) is 15.0. The number of halogens is 1. The zero-order chi connectivity index (χ0) is 20.5. The maximum atomic E-state index is 14.7. The SMILES string of the molecule is COc1ccn2c(-c3ccc(NC(=O)c4ccc([N+](=O)[O-])o4)cc3F)cnc2c1. The number of benzene rings is 1. The number of nitrogens with zero attached hydrogens (tertiary/aromatic N) is 3. The molecule has 0 radical (unpaired) electrons. The number of hydrogen-bond acceptors (Lipinski definition) is 6. The Bertz CT molecular complexity index is 1250. The smallest absolute Gasteiger partial charge is 0.433 e. The quantitative estimate of drug-likeness (QED) is 0.404. The number of rotatable bonds is 5. The molecular weight excluding hydrogens is 383 g/mol. The molecule has 0 aliphatic heterocycles. The summed E-state index contributed by atoms with van der Waals surface area (Å²) in [4.78, 5) is 26.3. The monoisotopic (exact) mass is 396 g/mol. The van der Waals surface area contributed by atoms with Gasteiger partial charge < -0.3 is 14.5 Å². The number of nitrogens with one attached hydrogen (secondary N) is 1. The van der Waals surface area contributed by atoms with Crippen LogP contribution in [0.15, 0.2) is 59.3 Å². The molecule has 0 saturated carbocycles. The van der Waals surface area contributed by atoms with Crippen molar-refractivity contribution < 1.29 is 23.3 Å². The number of amides is 1. The zero-order valence-corrected chi connectivity index (χ0v) is 15.0. The van der Waals surface area contributed by atoms with Gasteiger partial charge in [0.05, 0.1) is 25.1 Å². The van der Waals surface area contributed by atoms with E-state index in [0.717, 1.165) is 12.1 Å². The van der Waals surface area contributed by atoms with Crippen molar-refractivity contribution in [2.75, 3.05) is 12.4 Å². The Morgan fingerprint density at radius 2 is 2.10 bits per heavy atom. The standard InChI is InChI=1S/C19H13FN4O5/c1-28-12-6-7-23-15(10-21-17(23)9-12)13-3-2-11(8-14(13)20)22-19(25)16-4-5-18(29-16)24(26)27/h2-10H,1H3,(H,22,25). The van der Waals surface area contributed by atoms with Crippen molar-refractivity contribution in [2.45, 2.75) is 0 Å². The number of carbonyl (C=O) groups excluding carboxylic acids is 1. The number of nitro groups is 1. The van der Waals surface area contributed by atoms with Gasteiger partial charge in [-0.2, -0.15) is 0 Å². The molecule has 0 aliphatic rings. The lowest BCUT2D eigenvalue weighted by Crippen LogP contribution is -2.11. The Kier molecular flexibility index (Phi) is 4.43. The average molecular weight is 396 g/mol. The largest absolute Gasteiger partial charge is 0.497 e. The second-order valence-corrected chi connectivity index (χ2v) is 5.98. The number of hydrogen-bond donors (Lipinski definition) is 1. The number of methoxy groups -OCH3 is 1. The summed E-state index contributed by atoms with van der Waals surface area (Å²) >= 11 is 0. The fourth-order valence-corrected chi connectivity index (χ4v) is 2.83. The van der Waals surface area contributed by atoms with Gasteiger partial charge in [-0.05, 0) is 30.3 Å². The second-order valence-electron chi connectivity index (χ2n) is 5.98. The molecule has 4 rings (SSSR count). The fourth-order valence-electron chi connectivity index (χ4n) is 2.83. The minimum atomic E-state index is -0.753. The van der Waals surface area contributed by atoms with Gasteiger partial charge in [-0.25, -0.2) is 9.37 Å². The number of pyridine rings is 1. The first kappa shape index (κ1) is 18.2. The van der Waals surface area contributed by atoms with Crippen molar-refractivity contribution in [1.82, 2.24) is 9.38 Å². The Labute approximate surface area is 162 Å². The highest BCUT2D eigenvalue weighted by Gasteiger charge is 2.18. The molecule has 1 amide bonds. The van der Waals surface area contributed by atoms with Crippen molar-refractivity contribution in [2.24, 2.45) is 0 Å². The molecular formula is C19H13FN4O5. The summed E-state index contributed by atoms with van der Waals surface area (Å²) in [5.41, 5.74) is 1.58. The van der Waals surface area contributed by atoms with Crippen LogP contribution in [0.2, 0.25) is 0 Å². The van der Waals surface area contributed by atoms with Gasteiger partial charge in [0, 0.05) is 23.5 Å². The first-order chi connectivity index (χ1) is 14.0. The van der Waals surface area contributed by atoms with Gasteiger partial charge in [0.2, 0.25) is 0 Å². The first-order valence-corrected chi connectivity index (χ1v) is 8.33. The van der Waals surface area contributed by atoms with Gasteiger partial charge in [-0.15, -0.1) is 0 Å². The Morgan fingerprint density at radius 1 is 1.28 bits per heavy atom. The summed E-state index contributed by atoms with van der Waals surface area (Å²) in [5.74, 6) is -1.48. The van der Waals surface area contributed by atoms with Gasteiger partial charge in [-0.3, -0.25) is 19.3 Å². The maximum absolute atomic E-state index is 14.7. The van der Waals surface area contributed by atoms with Crippen molar-refractivity contribution in [3.8, 4) is 17.0 Å². The minimum absolute atomic E-state index is 0.172. The van der Waals surface area contributed by atoms with Crippen LogP contribution in [-0.2, 0) is 0 Å². The molecule has 3 aromatic heterocycles. The first-order valence-electron chi connectivity index (χ1n) is 8.33.